The summed E-state index contributed by atoms with van der Waals surface area (Å²) in [5, 5.41) is 6.49. The van der Waals surface area contributed by atoms with E-state index in [1.807, 2.05) is 24.3 Å². The molecule has 1 amide bonds. The number of aromatic nitrogens is 1. The van der Waals surface area contributed by atoms with Gasteiger partial charge in [-0.15, -0.1) is 0 Å². The molecule has 104 valence electrons. The number of anilines is 1. The molecule has 0 aliphatic rings. The highest BCUT2D eigenvalue weighted by Gasteiger charge is 2.05. The van der Waals surface area contributed by atoms with Gasteiger partial charge in [-0.05, 0) is 36.2 Å². The van der Waals surface area contributed by atoms with Crippen molar-refractivity contribution in [2.24, 2.45) is 0 Å². The maximum absolute atomic E-state index is 11.9. The molecule has 1 aromatic carbocycles. The van der Waals surface area contributed by atoms with Gasteiger partial charge in [-0.2, -0.15) is 0 Å². The first-order chi connectivity index (χ1) is 9.69. The molecule has 1 heterocycles. The van der Waals surface area contributed by atoms with Crippen molar-refractivity contribution < 1.29 is 4.79 Å². The van der Waals surface area contributed by atoms with Crippen LogP contribution in [0.4, 0.5) is 5.82 Å². The lowest BCUT2D eigenvalue weighted by Gasteiger charge is -2.06. The van der Waals surface area contributed by atoms with Crippen LogP contribution < -0.4 is 10.6 Å². The van der Waals surface area contributed by atoms with E-state index in [0.29, 0.717) is 17.1 Å². The average molecular weight is 290 g/mol. The van der Waals surface area contributed by atoms with Gasteiger partial charge in [0.1, 0.15) is 5.82 Å². The summed E-state index contributed by atoms with van der Waals surface area (Å²) < 4.78 is 0. The maximum Gasteiger partial charge on any atom is 0.252 e. The van der Waals surface area contributed by atoms with E-state index in [4.69, 9.17) is 11.6 Å². The van der Waals surface area contributed by atoms with E-state index in [2.05, 4.69) is 15.6 Å². The molecule has 4 nitrogen and oxygen atoms in total. The third kappa shape index (κ3) is 3.96. The molecule has 0 atom stereocenters. The number of amides is 1. The van der Waals surface area contributed by atoms with Gasteiger partial charge in [-0.3, -0.25) is 4.79 Å². The summed E-state index contributed by atoms with van der Waals surface area (Å²) in [6.45, 7) is 0.578. The van der Waals surface area contributed by atoms with E-state index in [1.54, 1.807) is 25.4 Å². The minimum atomic E-state index is -0.117. The van der Waals surface area contributed by atoms with Gasteiger partial charge in [0.2, 0.25) is 0 Å². The van der Waals surface area contributed by atoms with Crippen LogP contribution in [0.1, 0.15) is 15.9 Å². The lowest BCUT2D eigenvalue weighted by Crippen LogP contribution is -2.25. The van der Waals surface area contributed by atoms with E-state index in [9.17, 15) is 4.79 Å². The fraction of sp³-hybridized carbons (Fsp3) is 0.200. The minimum absolute atomic E-state index is 0.117. The van der Waals surface area contributed by atoms with Gasteiger partial charge in [0.15, 0.2) is 0 Å². The second kappa shape index (κ2) is 6.91. The van der Waals surface area contributed by atoms with Crippen molar-refractivity contribution in [1.29, 1.82) is 0 Å². The lowest BCUT2D eigenvalue weighted by molar-refractivity contribution is 0.0954. The molecule has 0 bridgehead atoms. The fourth-order valence-corrected chi connectivity index (χ4v) is 1.88. The Kier molecular flexibility index (Phi) is 4.96. The summed E-state index contributed by atoms with van der Waals surface area (Å²) >= 11 is 5.82. The van der Waals surface area contributed by atoms with Crippen molar-refractivity contribution in [3.8, 4) is 0 Å². The molecule has 2 rings (SSSR count). The maximum atomic E-state index is 11.9. The minimum Gasteiger partial charge on any atom is -0.373 e. The zero-order valence-corrected chi connectivity index (χ0v) is 11.9. The normalized spacial score (nSPS) is 10.1. The van der Waals surface area contributed by atoms with Crippen molar-refractivity contribution in [2.45, 2.75) is 6.42 Å². The highest BCUT2D eigenvalue weighted by molar-refractivity contribution is 6.30. The van der Waals surface area contributed by atoms with Crippen LogP contribution in [-0.2, 0) is 6.42 Å². The average Bonchev–Trinajstić information content (AvgIpc) is 2.49. The Morgan fingerprint density at radius 1 is 1.20 bits per heavy atom. The summed E-state index contributed by atoms with van der Waals surface area (Å²) in [6, 6.07) is 11.1. The largest absolute Gasteiger partial charge is 0.373 e. The number of rotatable bonds is 5. The first kappa shape index (κ1) is 14.3. The molecule has 0 aliphatic heterocycles. The smallest absolute Gasteiger partial charge is 0.252 e. The van der Waals surface area contributed by atoms with E-state index in [-0.39, 0.29) is 5.91 Å². The molecule has 20 heavy (non-hydrogen) atoms. The summed E-state index contributed by atoms with van der Waals surface area (Å²) in [5.74, 6) is 0.622. The quantitative estimate of drug-likeness (QED) is 0.890. The van der Waals surface area contributed by atoms with Crippen LogP contribution in [0.3, 0.4) is 0 Å². The summed E-state index contributed by atoms with van der Waals surface area (Å²) in [6.07, 6.45) is 2.33. The Hall–Kier alpha value is -2.07. The zero-order valence-electron chi connectivity index (χ0n) is 11.2. The predicted octanol–water partition coefficient (Wildman–Crippen LogP) is 2.75. The Labute approximate surface area is 123 Å². The van der Waals surface area contributed by atoms with Crippen molar-refractivity contribution in [3.63, 3.8) is 0 Å². The number of benzene rings is 1. The lowest BCUT2D eigenvalue weighted by atomic mass is 10.1. The first-order valence-corrected chi connectivity index (χ1v) is 6.73. The molecule has 2 N–H and O–H groups in total. The van der Waals surface area contributed by atoms with Crippen LogP contribution in [0.15, 0.2) is 42.6 Å². The van der Waals surface area contributed by atoms with Gasteiger partial charge in [-0.25, -0.2) is 4.98 Å². The molecule has 5 heteroatoms. The van der Waals surface area contributed by atoms with Crippen LogP contribution in [-0.4, -0.2) is 24.5 Å². The van der Waals surface area contributed by atoms with Crippen molar-refractivity contribution >= 4 is 23.3 Å². The molecule has 1 aromatic heterocycles. The Bertz CT molecular complexity index is 567. The standard InChI is InChI=1S/C15H16ClN3O/c1-17-14-7-4-12(10-19-14)15(20)18-9-8-11-2-5-13(16)6-3-11/h2-7,10H,8-9H2,1H3,(H,17,19)(H,18,20). The van der Waals surface area contributed by atoms with Gasteiger partial charge in [0.05, 0.1) is 5.56 Å². The predicted molar refractivity (Wildman–Crippen MR) is 81.3 cm³/mol. The van der Waals surface area contributed by atoms with Crippen molar-refractivity contribution in [1.82, 2.24) is 10.3 Å². The van der Waals surface area contributed by atoms with E-state index >= 15 is 0 Å². The number of nitrogens with zero attached hydrogens (tertiary/aromatic N) is 1. The highest BCUT2D eigenvalue weighted by atomic mass is 35.5. The fourth-order valence-electron chi connectivity index (χ4n) is 1.75. The van der Waals surface area contributed by atoms with Crippen LogP contribution >= 0.6 is 11.6 Å². The van der Waals surface area contributed by atoms with Gasteiger partial charge < -0.3 is 10.6 Å². The number of carbonyl (C=O) groups is 1. The summed E-state index contributed by atoms with van der Waals surface area (Å²) in [4.78, 5) is 16.0. The van der Waals surface area contributed by atoms with Crippen LogP contribution in [0.25, 0.3) is 0 Å². The second-order valence-corrected chi connectivity index (χ2v) is 4.75. The third-order valence-corrected chi connectivity index (χ3v) is 3.15. The molecule has 0 radical (unpaired) electrons. The summed E-state index contributed by atoms with van der Waals surface area (Å²) in [7, 11) is 1.79. The van der Waals surface area contributed by atoms with Crippen LogP contribution in [0.5, 0.6) is 0 Å². The number of halogens is 1. The Balaban J connectivity index is 1.83. The molecular weight excluding hydrogens is 274 g/mol. The van der Waals surface area contributed by atoms with Crippen molar-refractivity contribution in [2.75, 3.05) is 18.9 Å². The van der Waals surface area contributed by atoms with Gasteiger partial charge in [0, 0.05) is 24.8 Å². The molecule has 0 unspecified atom stereocenters. The molecule has 0 saturated carbocycles. The zero-order chi connectivity index (χ0) is 14.4. The first-order valence-electron chi connectivity index (χ1n) is 6.35. The third-order valence-electron chi connectivity index (χ3n) is 2.89. The number of nitrogens with one attached hydrogen (secondary N) is 2. The molecule has 0 fully saturated rings. The van der Waals surface area contributed by atoms with Crippen molar-refractivity contribution in [3.05, 3.63) is 58.7 Å². The second-order valence-electron chi connectivity index (χ2n) is 4.31. The van der Waals surface area contributed by atoms with Gasteiger partial charge >= 0.3 is 0 Å². The molecule has 2 aromatic rings. The Morgan fingerprint density at radius 2 is 1.95 bits per heavy atom. The number of hydrogen-bond donors (Lipinski definition) is 2. The monoisotopic (exact) mass is 289 g/mol. The Morgan fingerprint density at radius 3 is 2.55 bits per heavy atom. The molecular formula is C15H16ClN3O. The number of carbonyl (C=O) groups excluding carboxylic acids is 1. The van der Waals surface area contributed by atoms with E-state index < -0.39 is 0 Å². The van der Waals surface area contributed by atoms with E-state index in [0.717, 1.165) is 17.8 Å². The van der Waals surface area contributed by atoms with Crippen LogP contribution in [0.2, 0.25) is 5.02 Å². The molecule has 0 aliphatic carbocycles. The number of pyridine rings is 1. The topological polar surface area (TPSA) is 54.0 Å². The molecule has 0 saturated heterocycles. The van der Waals surface area contributed by atoms with Gasteiger partial charge in [0.25, 0.3) is 5.91 Å². The number of hydrogen-bond acceptors (Lipinski definition) is 3. The molecule has 0 spiro atoms. The van der Waals surface area contributed by atoms with Crippen LogP contribution in [0, 0.1) is 0 Å². The van der Waals surface area contributed by atoms with Gasteiger partial charge in [-0.1, -0.05) is 23.7 Å². The SMILES string of the molecule is CNc1ccc(C(=O)NCCc2ccc(Cl)cc2)cn1. The highest BCUT2D eigenvalue weighted by Crippen LogP contribution is 2.09. The summed E-state index contributed by atoms with van der Waals surface area (Å²) in [5.41, 5.74) is 1.69. The van der Waals surface area contributed by atoms with E-state index in [1.165, 1.54) is 0 Å².